The number of nitrogens with one attached hydrogen (secondary N) is 1. The molecule has 1 aromatic carbocycles. The second-order valence-electron chi connectivity index (χ2n) is 8.33. The summed E-state index contributed by atoms with van der Waals surface area (Å²) in [6.07, 6.45) is 5.41. The fourth-order valence-electron chi connectivity index (χ4n) is 4.55. The normalized spacial score (nSPS) is 20.7. The van der Waals surface area contributed by atoms with Crippen molar-refractivity contribution in [1.29, 1.82) is 0 Å². The number of benzene rings is 1. The van der Waals surface area contributed by atoms with Crippen LogP contribution in [0.2, 0.25) is 0 Å². The Bertz CT molecular complexity index is 707. The van der Waals surface area contributed by atoms with E-state index in [2.05, 4.69) is 10.2 Å². The molecule has 6 nitrogen and oxygen atoms in total. The molecular formula is C23H34FN3O3. The molecule has 0 unspecified atom stereocenters. The molecule has 0 aliphatic carbocycles. The smallest absolute Gasteiger partial charge is 0.409 e. The third-order valence-electron chi connectivity index (χ3n) is 6.27. The van der Waals surface area contributed by atoms with E-state index in [1.54, 1.807) is 23.1 Å². The van der Waals surface area contributed by atoms with Crippen molar-refractivity contribution in [1.82, 2.24) is 15.1 Å². The zero-order chi connectivity index (χ0) is 21.3. The maximum Gasteiger partial charge on any atom is 0.409 e. The van der Waals surface area contributed by atoms with E-state index in [0.717, 1.165) is 58.3 Å². The summed E-state index contributed by atoms with van der Waals surface area (Å²) in [5, 5.41) is 2.84. The molecule has 3 rings (SSSR count). The molecule has 0 aromatic heterocycles. The van der Waals surface area contributed by atoms with Gasteiger partial charge in [0.1, 0.15) is 5.82 Å². The molecular weight excluding hydrogens is 385 g/mol. The maximum absolute atomic E-state index is 13.7. The van der Waals surface area contributed by atoms with Crippen LogP contribution in [0, 0.1) is 11.7 Å². The Morgan fingerprint density at radius 2 is 1.93 bits per heavy atom. The average Bonchev–Trinajstić information content (AvgIpc) is 2.77. The predicted octanol–water partition coefficient (Wildman–Crippen LogP) is 3.56. The lowest BCUT2D eigenvalue weighted by Crippen LogP contribution is -2.49. The van der Waals surface area contributed by atoms with Gasteiger partial charge < -0.3 is 15.0 Å². The van der Waals surface area contributed by atoms with Gasteiger partial charge in [-0.15, -0.1) is 0 Å². The monoisotopic (exact) mass is 419 g/mol. The lowest BCUT2D eigenvalue weighted by Gasteiger charge is -2.42. The number of halogens is 1. The number of hydrogen-bond acceptors (Lipinski definition) is 4. The van der Waals surface area contributed by atoms with Crippen molar-refractivity contribution in [3.05, 3.63) is 35.6 Å². The molecule has 2 aliphatic heterocycles. The van der Waals surface area contributed by atoms with Gasteiger partial charge in [-0.3, -0.25) is 9.69 Å². The molecule has 2 saturated heterocycles. The Morgan fingerprint density at radius 1 is 1.17 bits per heavy atom. The third-order valence-corrected chi connectivity index (χ3v) is 6.27. The van der Waals surface area contributed by atoms with Crippen LogP contribution in [0.1, 0.15) is 51.0 Å². The summed E-state index contributed by atoms with van der Waals surface area (Å²) in [4.78, 5) is 28.4. The Hall–Kier alpha value is -2.15. The second-order valence-corrected chi connectivity index (χ2v) is 8.33. The number of carbonyl (C=O) groups excluding carboxylic acids is 2. The van der Waals surface area contributed by atoms with Crippen molar-refractivity contribution in [2.75, 3.05) is 32.8 Å². The summed E-state index contributed by atoms with van der Waals surface area (Å²) in [5.41, 5.74) is 0.517. The van der Waals surface area contributed by atoms with Crippen molar-refractivity contribution >= 4 is 12.0 Å². The van der Waals surface area contributed by atoms with Crippen molar-refractivity contribution in [3.63, 3.8) is 0 Å². The van der Waals surface area contributed by atoms with Gasteiger partial charge in [-0.25, -0.2) is 9.18 Å². The minimum atomic E-state index is -0.283. The van der Waals surface area contributed by atoms with Gasteiger partial charge in [-0.2, -0.15) is 0 Å². The molecule has 1 atom stereocenters. The van der Waals surface area contributed by atoms with Crippen LogP contribution >= 0.6 is 0 Å². The van der Waals surface area contributed by atoms with Gasteiger partial charge in [-0.05, 0) is 57.6 Å². The van der Waals surface area contributed by atoms with Crippen LogP contribution < -0.4 is 5.32 Å². The quantitative estimate of drug-likeness (QED) is 0.734. The molecule has 0 saturated carbocycles. The first-order valence-electron chi connectivity index (χ1n) is 11.2. The van der Waals surface area contributed by atoms with Gasteiger partial charge in [-0.1, -0.05) is 18.2 Å². The minimum Gasteiger partial charge on any atom is -0.450 e. The highest BCUT2D eigenvalue weighted by molar-refractivity contribution is 5.75. The lowest BCUT2D eigenvalue weighted by molar-refractivity contribution is -0.121. The summed E-state index contributed by atoms with van der Waals surface area (Å²) < 4.78 is 18.8. The van der Waals surface area contributed by atoms with Crippen molar-refractivity contribution in [2.24, 2.45) is 5.92 Å². The van der Waals surface area contributed by atoms with E-state index < -0.39 is 0 Å². The fraction of sp³-hybridized carbons (Fsp3) is 0.652. The van der Waals surface area contributed by atoms with Gasteiger partial charge >= 0.3 is 6.09 Å². The molecule has 2 amide bonds. The van der Waals surface area contributed by atoms with Crippen LogP contribution in [-0.4, -0.2) is 60.6 Å². The number of hydrogen-bond donors (Lipinski definition) is 1. The van der Waals surface area contributed by atoms with Gasteiger partial charge in [0.25, 0.3) is 0 Å². The second kappa shape index (κ2) is 11.3. The van der Waals surface area contributed by atoms with E-state index in [9.17, 15) is 14.0 Å². The standard InChI is InChI=1S/C23H34FN3O3/c1-2-30-23(29)26-14-11-20(12-15-26)27-13-5-6-18(17-27)9-10-22(28)25-16-19-7-3-4-8-21(19)24/h3-4,7-8,18,20H,2,5-6,9-17H2,1H3,(H,25,28)/t18-/m0/s1. The van der Waals surface area contributed by atoms with Gasteiger partial charge in [0, 0.05) is 44.2 Å². The summed E-state index contributed by atoms with van der Waals surface area (Å²) in [6.45, 7) is 6.11. The van der Waals surface area contributed by atoms with E-state index in [0.29, 0.717) is 30.6 Å². The van der Waals surface area contributed by atoms with Crippen molar-refractivity contribution < 1.29 is 18.7 Å². The number of carbonyl (C=O) groups is 2. The summed E-state index contributed by atoms with van der Waals surface area (Å²) in [6, 6.07) is 7.04. The molecule has 1 N–H and O–H groups in total. The minimum absolute atomic E-state index is 0.0156. The highest BCUT2D eigenvalue weighted by atomic mass is 19.1. The van der Waals surface area contributed by atoms with Crippen LogP contribution in [-0.2, 0) is 16.1 Å². The van der Waals surface area contributed by atoms with Crippen LogP contribution in [0.4, 0.5) is 9.18 Å². The first kappa shape index (κ1) is 22.5. The Kier molecular flexibility index (Phi) is 8.49. The molecule has 166 valence electrons. The van der Waals surface area contributed by atoms with Gasteiger partial charge in [0.05, 0.1) is 6.61 Å². The van der Waals surface area contributed by atoms with Crippen molar-refractivity contribution in [3.8, 4) is 0 Å². The zero-order valence-electron chi connectivity index (χ0n) is 17.9. The molecule has 2 heterocycles. The number of amides is 2. The number of rotatable bonds is 7. The Labute approximate surface area is 178 Å². The first-order valence-corrected chi connectivity index (χ1v) is 11.2. The van der Waals surface area contributed by atoms with Gasteiger partial charge in [0.15, 0.2) is 0 Å². The number of piperidine rings is 2. The summed E-state index contributed by atoms with van der Waals surface area (Å²) >= 11 is 0. The molecule has 30 heavy (non-hydrogen) atoms. The number of nitrogens with zero attached hydrogens (tertiary/aromatic N) is 2. The van der Waals surface area contributed by atoms with E-state index >= 15 is 0 Å². The van der Waals surface area contributed by atoms with E-state index in [4.69, 9.17) is 4.74 Å². The van der Waals surface area contributed by atoms with E-state index in [1.807, 2.05) is 6.92 Å². The van der Waals surface area contributed by atoms with Crippen LogP contribution in [0.5, 0.6) is 0 Å². The summed E-state index contributed by atoms with van der Waals surface area (Å²) in [5.74, 6) is 0.217. The molecule has 1 aromatic rings. The summed E-state index contributed by atoms with van der Waals surface area (Å²) in [7, 11) is 0. The lowest BCUT2D eigenvalue weighted by atomic mass is 9.90. The van der Waals surface area contributed by atoms with E-state index in [-0.39, 0.29) is 24.4 Å². The molecule has 0 radical (unpaired) electrons. The number of likely N-dealkylation sites (tertiary alicyclic amines) is 2. The van der Waals surface area contributed by atoms with Crippen LogP contribution in [0.25, 0.3) is 0 Å². The van der Waals surface area contributed by atoms with Crippen LogP contribution in [0.15, 0.2) is 24.3 Å². The van der Waals surface area contributed by atoms with Gasteiger partial charge in [0.2, 0.25) is 5.91 Å². The maximum atomic E-state index is 13.7. The highest BCUT2D eigenvalue weighted by Gasteiger charge is 2.30. The molecule has 2 aliphatic rings. The topological polar surface area (TPSA) is 61.9 Å². The third kappa shape index (κ3) is 6.42. The molecule has 2 fully saturated rings. The fourth-order valence-corrected chi connectivity index (χ4v) is 4.55. The molecule has 0 bridgehead atoms. The van der Waals surface area contributed by atoms with Crippen LogP contribution in [0.3, 0.4) is 0 Å². The average molecular weight is 420 g/mol. The first-order chi connectivity index (χ1) is 14.6. The largest absolute Gasteiger partial charge is 0.450 e. The van der Waals surface area contributed by atoms with Crippen molar-refractivity contribution in [2.45, 2.75) is 58.0 Å². The Balaban J connectivity index is 1.37. The predicted molar refractivity (Wildman–Crippen MR) is 113 cm³/mol. The molecule has 7 heteroatoms. The SMILES string of the molecule is CCOC(=O)N1CCC(N2CCC[C@@H](CCC(=O)NCc3ccccc3F)C2)CC1. The zero-order valence-corrected chi connectivity index (χ0v) is 17.9. The molecule has 0 spiro atoms. The number of ether oxygens (including phenoxy) is 1. The highest BCUT2D eigenvalue weighted by Crippen LogP contribution is 2.26. The Morgan fingerprint density at radius 3 is 2.67 bits per heavy atom. The van der Waals surface area contributed by atoms with E-state index in [1.165, 1.54) is 6.07 Å².